The molecule has 0 spiro atoms. The van der Waals surface area contributed by atoms with Crippen LogP contribution in [0, 0.1) is 0 Å². The number of benzene rings is 1. The van der Waals surface area contributed by atoms with Gasteiger partial charge in [-0.3, -0.25) is 9.79 Å². The Morgan fingerprint density at radius 3 is 2.86 bits per heavy atom. The van der Waals surface area contributed by atoms with E-state index in [1.54, 1.807) is 7.11 Å². The summed E-state index contributed by atoms with van der Waals surface area (Å²) in [5.74, 6) is 2.99. The highest BCUT2D eigenvalue weighted by atomic mass is 16.5. The van der Waals surface area contributed by atoms with Gasteiger partial charge in [-0.2, -0.15) is 0 Å². The molecule has 7 nitrogen and oxygen atoms in total. The molecule has 0 radical (unpaired) electrons. The third-order valence-corrected chi connectivity index (χ3v) is 5.41. The molecule has 28 heavy (non-hydrogen) atoms. The third-order valence-electron chi connectivity index (χ3n) is 5.41. The summed E-state index contributed by atoms with van der Waals surface area (Å²) in [4.78, 5) is 28.1. The summed E-state index contributed by atoms with van der Waals surface area (Å²) in [5, 5.41) is 0. The lowest BCUT2D eigenvalue weighted by molar-refractivity contribution is -0.132. The van der Waals surface area contributed by atoms with Gasteiger partial charge in [0, 0.05) is 45.2 Å². The Morgan fingerprint density at radius 1 is 1.25 bits per heavy atom. The first-order chi connectivity index (χ1) is 13.6. The van der Waals surface area contributed by atoms with Crippen LogP contribution >= 0.6 is 0 Å². The number of amides is 1. The Kier molecular flexibility index (Phi) is 5.32. The van der Waals surface area contributed by atoms with Crippen molar-refractivity contribution in [1.82, 2.24) is 14.7 Å². The van der Waals surface area contributed by atoms with Gasteiger partial charge in [0.2, 0.25) is 5.91 Å². The molecular weight excluding hydrogens is 354 g/mol. The lowest BCUT2D eigenvalue weighted by Crippen LogP contribution is -2.48. The fourth-order valence-electron chi connectivity index (χ4n) is 3.82. The average Bonchev–Trinajstić information content (AvgIpc) is 3.11. The first-order valence-corrected chi connectivity index (χ1v) is 9.88. The largest absolute Gasteiger partial charge is 0.497 e. The molecule has 1 saturated heterocycles. The molecule has 0 aromatic heterocycles. The van der Waals surface area contributed by atoms with Gasteiger partial charge in [0.25, 0.3) is 0 Å². The van der Waals surface area contributed by atoms with Crippen LogP contribution in [0.2, 0.25) is 0 Å². The zero-order valence-electron chi connectivity index (χ0n) is 16.5. The number of aliphatic imine (C=N–C) groups is 2. The number of amidine groups is 1. The molecule has 7 heteroatoms. The van der Waals surface area contributed by atoms with Gasteiger partial charge in [0.1, 0.15) is 17.4 Å². The number of carbonyl (C=O) groups is 1. The second-order valence-electron chi connectivity index (χ2n) is 7.46. The van der Waals surface area contributed by atoms with Crippen molar-refractivity contribution >= 4 is 18.1 Å². The van der Waals surface area contributed by atoms with E-state index in [4.69, 9.17) is 4.74 Å². The molecule has 4 rings (SSSR count). The van der Waals surface area contributed by atoms with E-state index in [1.807, 2.05) is 35.5 Å². The highest BCUT2D eigenvalue weighted by Gasteiger charge is 2.26. The van der Waals surface area contributed by atoms with E-state index in [1.165, 1.54) is 0 Å². The van der Waals surface area contributed by atoms with E-state index in [-0.39, 0.29) is 5.91 Å². The molecule has 3 heterocycles. The number of nitrogens with zero attached hydrogens (tertiary/aromatic N) is 5. The summed E-state index contributed by atoms with van der Waals surface area (Å²) in [7, 11) is 1.66. The molecular formula is C21H27N5O2. The smallest absolute Gasteiger partial charge is 0.223 e. The minimum Gasteiger partial charge on any atom is -0.497 e. The summed E-state index contributed by atoms with van der Waals surface area (Å²) in [6.07, 6.45) is 5.20. The number of hydrogen-bond donors (Lipinski definition) is 0. The van der Waals surface area contributed by atoms with E-state index in [9.17, 15) is 4.79 Å². The van der Waals surface area contributed by atoms with E-state index in [0.717, 1.165) is 62.1 Å². The van der Waals surface area contributed by atoms with Gasteiger partial charge in [0.15, 0.2) is 0 Å². The molecule has 3 aliphatic rings. The van der Waals surface area contributed by atoms with Crippen molar-refractivity contribution in [3.8, 4) is 5.75 Å². The summed E-state index contributed by atoms with van der Waals surface area (Å²) >= 11 is 0. The highest BCUT2D eigenvalue weighted by molar-refractivity contribution is 6.03. The number of aryl methyl sites for hydroxylation is 1. The summed E-state index contributed by atoms with van der Waals surface area (Å²) in [6.45, 7) is 6.08. The van der Waals surface area contributed by atoms with Crippen LogP contribution in [0.15, 0.2) is 46.1 Å². The predicted molar refractivity (Wildman–Crippen MR) is 110 cm³/mol. The topological polar surface area (TPSA) is 60.7 Å². The molecule has 0 aliphatic carbocycles. The molecule has 1 aromatic rings. The monoisotopic (exact) mass is 381 g/mol. The van der Waals surface area contributed by atoms with E-state index >= 15 is 0 Å². The Labute approximate surface area is 166 Å². The predicted octanol–water partition coefficient (Wildman–Crippen LogP) is 1.76. The SMILES string of the molecule is COc1cccc(CCC(=O)N2CCN(C3=CC4=NC(C)CN4C=N3)CC2)c1. The molecule has 1 atom stereocenters. The summed E-state index contributed by atoms with van der Waals surface area (Å²) < 4.78 is 5.25. The van der Waals surface area contributed by atoms with Crippen LogP contribution < -0.4 is 4.74 Å². The minimum absolute atomic E-state index is 0.212. The van der Waals surface area contributed by atoms with Crippen LogP contribution in [-0.2, 0) is 11.2 Å². The Morgan fingerprint density at radius 2 is 2.07 bits per heavy atom. The zero-order valence-corrected chi connectivity index (χ0v) is 16.5. The van der Waals surface area contributed by atoms with E-state index < -0.39 is 0 Å². The molecule has 1 fully saturated rings. The standard InChI is InChI=1S/C21H27N5O2/c1-16-14-26-15-22-19(13-20(26)23-16)24-8-10-25(11-9-24)21(27)7-6-17-4-3-5-18(12-17)28-2/h3-5,12-13,15-16H,6-11,14H2,1-2H3. The third kappa shape index (κ3) is 4.03. The number of ether oxygens (including phenoxy) is 1. The second-order valence-corrected chi connectivity index (χ2v) is 7.46. The lowest BCUT2D eigenvalue weighted by Gasteiger charge is -2.37. The quantitative estimate of drug-likeness (QED) is 0.780. The van der Waals surface area contributed by atoms with E-state index in [0.29, 0.717) is 12.5 Å². The maximum absolute atomic E-state index is 12.6. The maximum Gasteiger partial charge on any atom is 0.223 e. The Balaban J connectivity index is 1.28. The number of methoxy groups -OCH3 is 1. The summed E-state index contributed by atoms with van der Waals surface area (Å²) in [6, 6.07) is 8.23. The first-order valence-electron chi connectivity index (χ1n) is 9.88. The lowest BCUT2D eigenvalue weighted by atomic mass is 10.1. The van der Waals surface area contributed by atoms with Gasteiger partial charge >= 0.3 is 0 Å². The fourth-order valence-corrected chi connectivity index (χ4v) is 3.82. The molecule has 1 amide bonds. The number of fused-ring (bicyclic) bond motifs is 1. The van der Waals surface area contributed by atoms with Gasteiger partial charge in [-0.1, -0.05) is 12.1 Å². The maximum atomic E-state index is 12.6. The number of piperazine rings is 1. The Hall–Kier alpha value is -2.83. The number of hydrogen-bond acceptors (Lipinski definition) is 6. The number of carbonyl (C=O) groups excluding carboxylic acids is 1. The molecule has 0 saturated carbocycles. The summed E-state index contributed by atoms with van der Waals surface area (Å²) in [5.41, 5.74) is 1.13. The minimum atomic E-state index is 0.212. The first kappa shape index (κ1) is 18.5. The highest BCUT2D eigenvalue weighted by Crippen LogP contribution is 2.19. The second kappa shape index (κ2) is 8.04. The van der Waals surface area contributed by atoms with Gasteiger partial charge < -0.3 is 19.4 Å². The van der Waals surface area contributed by atoms with Crippen molar-refractivity contribution in [2.45, 2.75) is 25.8 Å². The number of rotatable bonds is 5. The van der Waals surface area contributed by atoms with Crippen molar-refractivity contribution < 1.29 is 9.53 Å². The van der Waals surface area contributed by atoms with Crippen LogP contribution in [0.5, 0.6) is 5.75 Å². The molecule has 0 N–H and O–H groups in total. The van der Waals surface area contributed by atoms with Crippen molar-refractivity contribution in [3.63, 3.8) is 0 Å². The Bertz CT molecular complexity index is 824. The fraction of sp³-hybridized carbons (Fsp3) is 0.476. The van der Waals surface area contributed by atoms with Crippen molar-refractivity contribution in [3.05, 3.63) is 41.7 Å². The van der Waals surface area contributed by atoms with Gasteiger partial charge in [-0.05, 0) is 31.0 Å². The molecule has 1 unspecified atom stereocenters. The normalized spacial score (nSPS) is 21.4. The molecule has 0 bridgehead atoms. The van der Waals surface area contributed by atoms with Crippen LogP contribution in [-0.4, -0.2) is 78.7 Å². The van der Waals surface area contributed by atoms with Crippen LogP contribution in [0.1, 0.15) is 18.9 Å². The molecule has 148 valence electrons. The van der Waals surface area contributed by atoms with Crippen LogP contribution in [0.25, 0.3) is 0 Å². The van der Waals surface area contributed by atoms with Gasteiger partial charge in [-0.25, -0.2) is 4.99 Å². The van der Waals surface area contributed by atoms with Gasteiger partial charge in [0.05, 0.1) is 19.5 Å². The molecule has 1 aromatic carbocycles. The van der Waals surface area contributed by atoms with Crippen molar-refractivity contribution in [2.24, 2.45) is 9.98 Å². The van der Waals surface area contributed by atoms with Gasteiger partial charge in [-0.15, -0.1) is 0 Å². The van der Waals surface area contributed by atoms with Crippen molar-refractivity contribution in [1.29, 1.82) is 0 Å². The van der Waals surface area contributed by atoms with Crippen LogP contribution in [0.3, 0.4) is 0 Å². The molecule has 3 aliphatic heterocycles. The van der Waals surface area contributed by atoms with E-state index in [2.05, 4.69) is 32.8 Å². The zero-order chi connectivity index (χ0) is 19.5. The van der Waals surface area contributed by atoms with Crippen molar-refractivity contribution in [2.75, 3.05) is 39.8 Å². The van der Waals surface area contributed by atoms with Crippen LogP contribution in [0.4, 0.5) is 0 Å². The average molecular weight is 381 g/mol.